The van der Waals surface area contributed by atoms with Gasteiger partial charge < -0.3 is 5.11 Å². The Kier molecular flexibility index (Phi) is 5.42. The minimum absolute atomic E-state index is 0.469. The van der Waals surface area contributed by atoms with Gasteiger partial charge in [-0.05, 0) is 30.9 Å². The van der Waals surface area contributed by atoms with Gasteiger partial charge in [-0.15, -0.1) is 4.91 Å². The maximum Gasteiger partial charge on any atom is 0.0804 e. The lowest BCUT2D eigenvalue weighted by Gasteiger charge is -2.11. The van der Waals surface area contributed by atoms with Gasteiger partial charge in [-0.3, -0.25) is 9.99 Å². The van der Waals surface area contributed by atoms with E-state index in [0.717, 1.165) is 18.4 Å². The van der Waals surface area contributed by atoms with E-state index in [1.807, 2.05) is 12.1 Å². The molecule has 0 amide bonds. The Hall–Kier alpha value is -1.49. The number of hydrogen-bond donors (Lipinski definition) is 1. The van der Waals surface area contributed by atoms with Crippen LogP contribution in [0.3, 0.4) is 0 Å². The van der Waals surface area contributed by atoms with Crippen molar-refractivity contribution in [3.8, 4) is 0 Å². The predicted molar refractivity (Wildman–Crippen MR) is 61.5 cm³/mol. The largest absolute Gasteiger partial charge is 0.388 e. The summed E-state index contributed by atoms with van der Waals surface area (Å²) in [5, 5.41) is 13.9. The fourth-order valence-electron chi connectivity index (χ4n) is 1.46. The van der Waals surface area contributed by atoms with E-state index in [4.69, 9.17) is 0 Å². The number of unbranched alkanes of at least 4 members (excludes halogenated alkanes) is 1. The van der Waals surface area contributed by atoms with Crippen molar-refractivity contribution in [1.82, 2.24) is 9.99 Å². The van der Waals surface area contributed by atoms with Crippen molar-refractivity contribution in [3.05, 3.63) is 35.0 Å². The first kappa shape index (κ1) is 12.6. The lowest BCUT2D eigenvalue weighted by atomic mass is 10.1. The number of aliphatic hydroxyl groups is 1. The fraction of sp³-hybridized carbons (Fsp3) is 0.545. The van der Waals surface area contributed by atoms with Crippen LogP contribution in [0.25, 0.3) is 0 Å². The first-order valence-electron chi connectivity index (χ1n) is 5.36. The molecule has 0 fully saturated rings. The Morgan fingerprint density at radius 2 is 2.38 bits per heavy atom. The second kappa shape index (κ2) is 6.90. The van der Waals surface area contributed by atoms with Crippen molar-refractivity contribution in [3.63, 3.8) is 0 Å². The van der Waals surface area contributed by atoms with E-state index in [0.29, 0.717) is 13.0 Å². The summed E-state index contributed by atoms with van der Waals surface area (Å²) < 4.78 is 0. The summed E-state index contributed by atoms with van der Waals surface area (Å²) in [5.74, 6) is 0. The van der Waals surface area contributed by atoms with E-state index in [1.54, 1.807) is 19.4 Å². The van der Waals surface area contributed by atoms with Crippen molar-refractivity contribution in [2.75, 3.05) is 13.6 Å². The minimum atomic E-state index is -0.469. The Morgan fingerprint density at radius 3 is 3.00 bits per heavy atom. The normalized spacial score (nSPS) is 12.1. The molecular weight excluding hydrogens is 206 g/mol. The third kappa shape index (κ3) is 4.35. The maximum atomic E-state index is 10.1. The zero-order valence-corrected chi connectivity index (χ0v) is 9.41. The van der Waals surface area contributed by atoms with Gasteiger partial charge in [0.25, 0.3) is 0 Å². The first-order chi connectivity index (χ1) is 7.74. The number of aliphatic hydroxyl groups excluding tert-OH is 1. The van der Waals surface area contributed by atoms with Gasteiger partial charge in [0, 0.05) is 26.0 Å². The summed E-state index contributed by atoms with van der Waals surface area (Å²) in [5.41, 5.74) is 0.837. The zero-order valence-electron chi connectivity index (χ0n) is 9.41. The van der Waals surface area contributed by atoms with Crippen LogP contribution in [-0.4, -0.2) is 28.7 Å². The maximum absolute atomic E-state index is 10.1. The number of nitroso groups, excluding NO2 is 1. The summed E-state index contributed by atoms with van der Waals surface area (Å²) in [4.78, 5) is 14.0. The van der Waals surface area contributed by atoms with Crippen LogP contribution in [0.15, 0.2) is 29.8 Å². The molecule has 1 aromatic heterocycles. The number of pyridine rings is 1. The van der Waals surface area contributed by atoms with E-state index in [2.05, 4.69) is 10.3 Å². The van der Waals surface area contributed by atoms with Crippen LogP contribution in [0.5, 0.6) is 0 Å². The van der Waals surface area contributed by atoms with Crippen molar-refractivity contribution < 1.29 is 5.11 Å². The second-order valence-corrected chi connectivity index (χ2v) is 3.76. The van der Waals surface area contributed by atoms with Gasteiger partial charge in [-0.1, -0.05) is 6.07 Å². The molecule has 0 saturated carbocycles. The Bertz CT molecular complexity index is 305. The van der Waals surface area contributed by atoms with Crippen molar-refractivity contribution in [2.45, 2.75) is 25.4 Å². The molecule has 5 heteroatoms. The van der Waals surface area contributed by atoms with Gasteiger partial charge in [0.15, 0.2) is 0 Å². The van der Waals surface area contributed by atoms with E-state index in [-0.39, 0.29) is 0 Å². The number of rotatable bonds is 7. The van der Waals surface area contributed by atoms with E-state index >= 15 is 0 Å². The summed E-state index contributed by atoms with van der Waals surface area (Å²) in [7, 11) is 1.64. The van der Waals surface area contributed by atoms with Crippen molar-refractivity contribution in [1.29, 1.82) is 0 Å². The highest BCUT2D eigenvalue weighted by Crippen LogP contribution is 2.17. The van der Waals surface area contributed by atoms with Crippen LogP contribution in [0, 0.1) is 4.91 Å². The third-order valence-electron chi connectivity index (χ3n) is 2.42. The topological polar surface area (TPSA) is 65.8 Å². The van der Waals surface area contributed by atoms with Gasteiger partial charge in [0.1, 0.15) is 0 Å². The summed E-state index contributed by atoms with van der Waals surface area (Å²) >= 11 is 0. The van der Waals surface area contributed by atoms with E-state index in [1.165, 1.54) is 5.01 Å². The van der Waals surface area contributed by atoms with Crippen LogP contribution in [0.2, 0.25) is 0 Å². The van der Waals surface area contributed by atoms with E-state index in [9.17, 15) is 10.0 Å². The van der Waals surface area contributed by atoms with Crippen LogP contribution >= 0.6 is 0 Å². The summed E-state index contributed by atoms with van der Waals surface area (Å²) in [6.45, 7) is 0.628. The molecule has 0 aliphatic heterocycles. The number of hydrogen-bond acceptors (Lipinski definition) is 4. The fourth-order valence-corrected chi connectivity index (χ4v) is 1.46. The van der Waals surface area contributed by atoms with Gasteiger partial charge in [0.2, 0.25) is 0 Å². The molecule has 5 nitrogen and oxygen atoms in total. The molecule has 0 saturated heterocycles. The SMILES string of the molecule is CN(CCCC[C@H](O)c1cccnc1)N=O. The molecular formula is C11H17N3O2. The standard InChI is InChI=1S/C11H17N3O2/c1-14(13-16)8-3-2-6-11(15)10-5-4-7-12-9-10/h4-5,7,9,11,15H,2-3,6,8H2,1H3/t11-/m0/s1. The molecule has 16 heavy (non-hydrogen) atoms. The van der Waals surface area contributed by atoms with Crippen LogP contribution < -0.4 is 0 Å². The first-order valence-corrected chi connectivity index (χ1v) is 5.36. The molecule has 0 radical (unpaired) electrons. The van der Waals surface area contributed by atoms with Gasteiger partial charge in [-0.25, -0.2) is 0 Å². The monoisotopic (exact) mass is 223 g/mol. The third-order valence-corrected chi connectivity index (χ3v) is 2.42. The van der Waals surface area contributed by atoms with E-state index < -0.39 is 6.10 Å². The molecule has 1 N–H and O–H groups in total. The van der Waals surface area contributed by atoms with Crippen LogP contribution in [0.1, 0.15) is 30.9 Å². The lowest BCUT2D eigenvalue weighted by molar-refractivity contribution is 0.161. The molecule has 1 aromatic rings. The highest BCUT2D eigenvalue weighted by Gasteiger charge is 2.06. The number of nitrogens with zero attached hydrogens (tertiary/aromatic N) is 3. The van der Waals surface area contributed by atoms with Gasteiger partial charge in [-0.2, -0.15) is 0 Å². The molecule has 1 rings (SSSR count). The summed E-state index contributed by atoms with van der Waals surface area (Å²) in [6.07, 6.45) is 5.27. The molecule has 0 aliphatic rings. The quantitative estimate of drug-likeness (QED) is 0.435. The Labute approximate surface area is 95.1 Å². The molecule has 0 bridgehead atoms. The van der Waals surface area contributed by atoms with Crippen molar-refractivity contribution in [2.24, 2.45) is 5.29 Å². The molecule has 1 atom stereocenters. The lowest BCUT2D eigenvalue weighted by Crippen LogP contribution is -2.11. The molecule has 1 heterocycles. The molecule has 0 unspecified atom stereocenters. The molecule has 88 valence electrons. The Balaban J connectivity index is 2.21. The smallest absolute Gasteiger partial charge is 0.0804 e. The van der Waals surface area contributed by atoms with Gasteiger partial charge >= 0.3 is 0 Å². The summed E-state index contributed by atoms with van der Waals surface area (Å²) in [6, 6.07) is 3.67. The van der Waals surface area contributed by atoms with Crippen LogP contribution in [-0.2, 0) is 0 Å². The second-order valence-electron chi connectivity index (χ2n) is 3.76. The van der Waals surface area contributed by atoms with Gasteiger partial charge in [0.05, 0.1) is 11.4 Å². The average molecular weight is 223 g/mol. The average Bonchev–Trinajstić information content (AvgIpc) is 2.35. The molecule has 0 aromatic carbocycles. The van der Waals surface area contributed by atoms with Crippen LogP contribution in [0.4, 0.5) is 0 Å². The Morgan fingerprint density at radius 1 is 1.56 bits per heavy atom. The predicted octanol–water partition coefficient (Wildman–Crippen LogP) is 1.90. The highest BCUT2D eigenvalue weighted by molar-refractivity contribution is 5.11. The number of aromatic nitrogens is 1. The highest BCUT2D eigenvalue weighted by atomic mass is 16.3. The minimum Gasteiger partial charge on any atom is -0.388 e. The zero-order chi connectivity index (χ0) is 11.8. The molecule has 0 spiro atoms. The molecule has 0 aliphatic carbocycles. The van der Waals surface area contributed by atoms with Crippen molar-refractivity contribution >= 4 is 0 Å².